The second-order valence-corrected chi connectivity index (χ2v) is 4.67. The van der Waals surface area contributed by atoms with Crippen LogP contribution in [0.15, 0.2) is 24.3 Å². The van der Waals surface area contributed by atoms with Crippen molar-refractivity contribution in [1.82, 2.24) is 4.90 Å². The summed E-state index contributed by atoms with van der Waals surface area (Å²) in [7, 11) is 3.84. The van der Waals surface area contributed by atoms with Crippen LogP contribution in [0.5, 0.6) is 5.75 Å². The van der Waals surface area contributed by atoms with E-state index >= 15 is 0 Å². The number of nitrogens with zero attached hydrogens (tertiary/aromatic N) is 1. The summed E-state index contributed by atoms with van der Waals surface area (Å²) in [6.45, 7) is 2.14. The summed E-state index contributed by atoms with van der Waals surface area (Å²) in [4.78, 5) is 2.31. The van der Waals surface area contributed by atoms with Crippen molar-refractivity contribution < 1.29 is 4.74 Å². The van der Waals surface area contributed by atoms with E-state index in [1.54, 1.807) is 7.11 Å². The molecule has 1 aliphatic rings. The molecular formula is C14H18ClNO. The first-order valence-electron chi connectivity index (χ1n) is 5.85. The first-order valence-corrected chi connectivity index (χ1v) is 6.39. The Bertz CT molecular complexity index is 428. The fourth-order valence-electron chi connectivity index (χ4n) is 2.09. The van der Waals surface area contributed by atoms with E-state index in [0.29, 0.717) is 5.88 Å². The van der Waals surface area contributed by atoms with Gasteiger partial charge in [-0.15, -0.1) is 11.6 Å². The highest BCUT2D eigenvalue weighted by atomic mass is 35.5. The summed E-state index contributed by atoms with van der Waals surface area (Å²) < 4.78 is 5.37. The van der Waals surface area contributed by atoms with Crippen molar-refractivity contribution in [1.29, 1.82) is 0 Å². The van der Waals surface area contributed by atoms with Crippen LogP contribution in [0.25, 0.3) is 5.57 Å². The minimum Gasteiger partial charge on any atom is -0.496 e. The lowest BCUT2D eigenvalue weighted by molar-refractivity contribution is 0.370. The van der Waals surface area contributed by atoms with Crippen LogP contribution < -0.4 is 4.74 Å². The Labute approximate surface area is 108 Å². The van der Waals surface area contributed by atoms with E-state index in [-0.39, 0.29) is 0 Å². The molecule has 1 aromatic carbocycles. The topological polar surface area (TPSA) is 12.5 Å². The third-order valence-corrected chi connectivity index (χ3v) is 3.50. The predicted octanol–water partition coefficient (Wildman–Crippen LogP) is 3.15. The van der Waals surface area contributed by atoms with Crippen molar-refractivity contribution in [2.45, 2.75) is 12.3 Å². The first kappa shape index (κ1) is 12.5. The number of methoxy groups -OCH3 is 1. The molecule has 0 unspecified atom stereocenters. The third kappa shape index (κ3) is 2.82. The van der Waals surface area contributed by atoms with Crippen LogP contribution in [-0.4, -0.2) is 32.1 Å². The van der Waals surface area contributed by atoms with E-state index in [4.69, 9.17) is 16.3 Å². The van der Waals surface area contributed by atoms with Crippen molar-refractivity contribution in [3.8, 4) is 5.75 Å². The molecule has 1 aliphatic heterocycles. The number of ether oxygens (including phenoxy) is 1. The molecule has 0 atom stereocenters. The molecule has 17 heavy (non-hydrogen) atoms. The van der Waals surface area contributed by atoms with Crippen molar-refractivity contribution >= 4 is 17.2 Å². The minimum atomic E-state index is 0.491. The van der Waals surface area contributed by atoms with E-state index in [1.165, 1.54) is 11.1 Å². The largest absolute Gasteiger partial charge is 0.496 e. The quantitative estimate of drug-likeness (QED) is 0.766. The SMILES string of the molecule is COc1cc(C2=CCN(C)CC2)ccc1CCl. The van der Waals surface area contributed by atoms with Gasteiger partial charge in [-0.2, -0.15) is 0 Å². The van der Waals surface area contributed by atoms with Crippen molar-refractivity contribution in [2.75, 3.05) is 27.2 Å². The maximum Gasteiger partial charge on any atom is 0.123 e. The Morgan fingerprint density at radius 3 is 2.82 bits per heavy atom. The van der Waals surface area contributed by atoms with Crippen LogP contribution in [0.2, 0.25) is 0 Å². The van der Waals surface area contributed by atoms with E-state index in [9.17, 15) is 0 Å². The average Bonchev–Trinajstić information content (AvgIpc) is 2.39. The first-order chi connectivity index (χ1) is 8.24. The standard InChI is InChI=1S/C14H18ClNO/c1-16-7-5-11(6-8-16)12-3-4-13(10-15)14(9-12)17-2/h3-5,9H,6-8,10H2,1-2H3. The number of alkyl halides is 1. The van der Waals surface area contributed by atoms with Crippen molar-refractivity contribution in [2.24, 2.45) is 0 Å². The van der Waals surface area contributed by atoms with Gasteiger partial charge in [-0.05, 0) is 30.7 Å². The summed E-state index contributed by atoms with van der Waals surface area (Å²) >= 11 is 5.87. The molecule has 0 saturated carbocycles. The molecule has 2 nitrogen and oxygen atoms in total. The zero-order valence-corrected chi connectivity index (χ0v) is 11.1. The Morgan fingerprint density at radius 1 is 1.41 bits per heavy atom. The molecule has 0 bridgehead atoms. The maximum atomic E-state index is 5.87. The number of hydrogen-bond acceptors (Lipinski definition) is 2. The number of likely N-dealkylation sites (N-methyl/N-ethyl adjacent to an activating group) is 1. The second kappa shape index (κ2) is 5.56. The molecule has 0 spiro atoms. The average molecular weight is 252 g/mol. The number of halogens is 1. The summed E-state index contributed by atoms with van der Waals surface area (Å²) in [6.07, 6.45) is 3.39. The maximum absolute atomic E-state index is 5.87. The van der Waals surface area contributed by atoms with Gasteiger partial charge in [0.15, 0.2) is 0 Å². The Balaban J connectivity index is 2.27. The molecule has 0 N–H and O–H groups in total. The normalized spacial score (nSPS) is 16.8. The summed E-state index contributed by atoms with van der Waals surface area (Å²) in [5.41, 5.74) is 3.71. The molecule has 0 fully saturated rings. The zero-order chi connectivity index (χ0) is 12.3. The van der Waals surface area contributed by atoms with Crippen LogP contribution in [0.4, 0.5) is 0 Å². The molecular weight excluding hydrogens is 234 g/mol. The molecule has 2 rings (SSSR count). The van der Waals surface area contributed by atoms with Gasteiger partial charge in [-0.3, -0.25) is 0 Å². The Morgan fingerprint density at radius 2 is 2.24 bits per heavy atom. The highest BCUT2D eigenvalue weighted by Gasteiger charge is 2.11. The van der Waals surface area contributed by atoms with Crippen molar-refractivity contribution in [3.63, 3.8) is 0 Å². The molecule has 0 aliphatic carbocycles. The second-order valence-electron chi connectivity index (χ2n) is 4.40. The van der Waals surface area contributed by atoms with E-state index < -0.39 is 0 Å². The molecule has 0 saturated heterocycles. The number of benzene rings is 1. The van der Waals surface area contributed by atoms with E-state index in [2.05, 4.69) is 36.2 Å². The van der Waals surface area contributed by atoms with E-state index in [0.717, 1.165) is 30.8 Å². The lowest BCUT2D eigenvalue weighted by Gasteiger charge is -2.22. The smallest absolute Gasteiger partial charge is 0.123 e. The fraction of sp³-hybridized carbons (Fsp3) is 0.429. The van der Waals surface area contributed by atoms with Crippen LogP contribution in [0.1, 0.15) is 17.5 Å². The van der Waals surface area contributed by atoms with Gasteiger partial charge in [-0.1, -0.05) is 18.2 Å². The van der Waals surface area contributed by atoms with Gasteiger partial charge in [0.25, 0.3) is 0 Å². The molecule has 1 heterocycles. The molecule has 1 aromatic rings. The van der Waals surface area contributed by atoms with Crippen LogP contribution in [0, 0.1) is 0 Å². The Kier molecular flexibility index (Phi) is 4.08. The predicted molar refractivity (Wildman–Crippen MR) is 72.6 cm³/mol. The van der Waals surface area contributed by atoms with Gasteiger partial charge in [0.05, 0.1) is 13.0 Å². The van der Waals surface area contributed by atoms with Gasteiger partial charge < -0.3 is 9.64 Å². The molecule has 0 radical (unpaired) electrons. The summed E-state index contributed by atoms with van der Waals surface area (Å²) in [5, 5.41) is 0. The minimum absolute atomic E-state index is 0.491. The summed E-state index contributed by atoms with van der Waals surface area (Å²) in [5.74, 6) is 1.38. The lowest BCUT2D eigenvalue weighted by atomic mass is 9.98. The van der Waals surface area contributed by atoms with E-state index in [1.807, 2.05) is 0 Å². The number of rotatable bonds is 3. The summed E-state index contributed by atoms with van der Waals surface area (Å²) in [6, 6.07) is 6.28. The van der Waals surface area contributed by atoms with Crippen molar-refractivity contribution in [3.05, 3.63) is 35.4 Å². The highest BCUT2D eigenvalue weighted by molar-refractivity contribution is 6.17. The van der Waals surface area contributed by atoms with Crippen LogP contribution in [0.3, 0.4) is 0 Å². The van der Waals surface area contributed by atoms with Crippen LogP contribution in [-0.2, 0) is 5.88 Å². The molecule has 0 aromatic heterocycles. The van der Waals surface area contributed by atoms with Gasteiger partial charge in [0, 0.05) is 18.7 Å². The van der Waals surface area contributed by atoms with Crippen LogP contribution >= 0.6 is 11.6 Å². The zero-order valence-electron chi connectivity index (χ0n) is 10.4. The lowest BCUT2D eigenvalue weighted by Crippen LogP contribution is -2.23. The number of hydrogen-bond donors (Lipinski definition) is 0. The highest BCUT2D eigenvalue weighted by Crippen LogP contribution is 2.28. The molecule has 3 heteroatoms. The molecule has 92 valence electrons. The van der Waals surface area contributed by atoms with Gasteiger partial charge >= 0.3 is 0 Å². The molecule has 0 amide bonds. The fourth-order valence-corrected chi connectivity index (χ4v) is 2.31. The Hall–Kier alpha value is -0.990. The van der Waals surface area contributed by atoms with Gasteiger partial charge in [0.2, 0.25) is 0 Å². The van der Waals surface area contributed by atoms with Gasteiger partial charge in [0.1, 0.15) is 5.75 Å². The van der Waals surface area contributed by atoms with Gasteiger partial charge in [-0.25, -0.2) is 0 Å². The third-order valence-electron chi connectivity index (χ3n) is 3.21. The monoisotopic (exact) mass is 251 g/mol.